The van der Waals surface area contributed by atoms with Gasteiger partial charge in [-0.15, -0.1) is 11.3 Å². The van der Waals surface area contributed by atoms with Gasteiger partial charge in [0.1, 0.15) is 11.9 Å². The van der Waals surface area contributed by atoms with E-state index in [-0.39, 0.29) is 60.4 Å². The monoisotopic (exact) mass is 653 g/mol. The first-order valence-electron chi connectivity index (χ1n) is 12.0. The minimum Gasteiger partial charge on any atom is -0.390 e. The molecule has 0 bridgehead atoms. The van der Waals surface area contributed by atoms with Gasteiger partial charge in [0.25, 0.3) is 17.4 Å². The molecule has 1 aliphatic heterocycles. The van der Waals surface area contributed by atoms with Crippen molar-refractivity contribution in [2.45, 2.75) is 62.8 Å². The van der Waals surface area contributed by atoms with Crippen LogP contribution in [-0.2, 0) is 5.60 Å². The van der Waals surface area contributed by atoms with Gasteiger partial charge in [0.15, 0.2) is 5.01 Å². The van der Waals surface area contributed by atoms with Crippen molar-refractivity contribution in [1.29, 1.82) is 0 Å². The summed E-state index contributed by atoms with van der Waals surface area (Å²) in [5.41, 5.74) is -9.02. The van der Waals surface area contributed by atoms with Crippen molar-refractivity contribution in [2.24, 2.45) is 0 Å². The van der Waals surface area contributed by atoms with Gasteiger partial charge in [0.2, 0.25) is 0 Å². The number of aromatic nitrogens is 1. The summed E-state index contributed by atoms with van der Waals surface area (Å²) >= 11 is 12.6. The second-order valence-corrected chi connectivity index (χ2v) is 11.7. The number of halogens is 9. The smallest absolute Gasteiger partial charge is 0.390 e. The van der Waals surface area contributed by atoms with Crippen molar-refractivity contribution in [3.8, 4) is 10.4 Å². The summed E-state index contributed by atoms with van der Waals surface area (Å²) < 4.78 is 94.5. The molecule has 41 heavy (non-hydrogen) atoms. The third-order valence-corrected chi connectivity index (χ3v) is 8.26. The van der Waals surface area contributed by atoms with Crippen LogP contribution < -0.4 is 5.32 Å². The summed E-state index contributed by atoms with van der Waals surface area (Å²) in [7, 11) is 0. The molecule has 0 radical (unpaired) electrons. The van der Waals surface area contributed by atoms with Crippen LogP contribution in [0.5, 0.6) is 0 Å². The molecule has 0 spiro atoms. The number of rotatable bonds is 7. The molecule has 1 saturated heterocycles. The van der Waals surface area contributed by atoms with Crippen molar-refractivity contribution in [3.63, 3.8) is 0 Å². The predicted molar refractivity (Wildman–Crippen MR) is 137 cm³/mol. The summed E-state index contributed by atoms with van der Waals surface area (Å²) in [4.78, 5) is 31.2. The highest BCUT2D eigenvalue weighted by Gasteiger charge is 2.72. The third-order valence-electron chi connectivity index (χ3n) is 6.30. The number of hydrogen-bond acceptors (Lipinski definition) is 6. The number of piperidine rings is 1. The maximum absolute atomic E-state index is 13.6. The Bertz CT molecular complexity index is 1290. The molecule has 7 nitrogen and oxygen atoms in total. The van der Waals surface area contributed by atoms with Crippen LogP contribution in [0.1, 0.15) is 59.0 Å². The van der Waals surface area contributed by atoms with E-state index in [9.17, 15) is 50.5 Å². The van der Waals surface area contributed by atoms with E-state index in [4.69, 9.17) is 23.2 Å². The zero-order valence-corrected chi connectivity index (χ0v) is 23.7. The molecule has 2 amide bonds. The molecule has 1 aliphatic rings. The first kappa shape index (κ1) is 33.3. The van der Waals surface area contributed by atoms with E-state index < -0.39 is 62.8 Å². The number of thiazole rings is 1. The molecule has 2 heterocycles. The largest absolute Gasteiger partial charge is 0.430 e. The van der Waals surface area contributed by atoms with Gasteiger partial charge in [0.05, 0.1) is 20.5 Å². The summed E-state index contributed by atoms with van der Waals surface area (Å²) in [5.74, 6) is -1.57. The number of aliphatic hydroxyl groups is 2. The molecule has 1 fully saturated rings. The van der Waals surface area contributed by atoms with Crippen LogP contribution in [0.2, 0.25) is 10.0 Å². The van der Waals surface area contributed by atoms with E-state index in [0.29, 0.717) is 17.4 Å². The zero-order valence-electron chi connectivity index (χ0n) is 21.4. The fourth-order valence-corrected chi connectivity index (χ4v) is 5.60. The van der Waals surface area contributed by atoms with E-state index in [1.807, 2.05) is 0 Å². The molecule has 2 aromatic rings. The molecule has 0 unspecified atom stereocenters. The lowest BCUT2D eigenvalue weighted by atomic mass is 9.91. The Morgan fingerprint density at radius 2 is 1.61 bits per heavy atom. The van der Waals surface area contributed by atoms with Gasteiger partial charge in [-0.25, -0.2) is 9.37 Å². The van der Waals surface area contributed by atoms with Crippen molar-refractivity contribution in [3.05, 3.63) is 38.4 Å². The van der Waals surface area contributed by atoms with Crippen LogP contribution in [0, 0.1) is 0 Å². The maximum Gasteiger partial charge on any atom is 0.430 e. The molecule has 1 aromatic carbocycles. The zero-order chi connectivity index (χ0) is 31.1. The summed E-state index contributed by atoms with van der Waals surface area (Å²) in [6.07, 6.45) is -13.4. The highest BCUT2D eigenvalue weighted by molar-refractivity contribution is 7.17. The van der Waals surface area contributed by atoms with Crippen LogP contribution in [-0.4, -0.2) is 75.7 Å². The van der Waals surface area contributed by atoms with Crippen LogP contribution in [0.3, 0.4) is 0 Å². The Morgan fingerprint density at radius 3 is 2.12 bits per heavy atom. The van der Waals surface area contributed by atoms with Crippen LogP contribution in [0.25, 0.3) is 10.4 Å². The minimum absolute atomic E-state index is 0.000706. The van der Waals surface area contributed by atoms with Gasteiger partial charge < -0.3 is 20.4 Å². The van der Waals surface area contributed by atoms with Gasteiger partial charge in [-0.1, -0.05) is 35.3 Å². The molecule has 17 heteroatoms. The van der Waals surface area contributed by atoms with Gasteiger partial charge in [0, 0.05) is 30.8 Å². The lowest BCUT2D eigenvalue weighted by molar-refractivity contribution is -0.376. The highest BCUT2D eigenvalue weighted by Crippen LogP contribution is 2.54. The number of nitrogens with one attached hydrogen (secondary N) is 1. The number of benzene rings is 1. The number of amides is 2. The van der Waals surface area contributed by atoms with Crippen molar-refractivity contribution in [1.82, 2.24) is 15.2 Å². The van der Waals surface area contributed by atoms with Crippen molar-refractivity contribution >= 4 is 46.4 Å². The Kier molecular flexibility index (Phi) is 9.60. The molecular weight excluding hydrogens is 630 g/mol. The highest BCUT2D eigenvalue weighted by atomic mass is 35.5. The van der Waals surface area contributed by atoms with Gasteiger partial charge in [-0.3, -0.25) is 9.59 Å². The van der Waals surface area contributed by atoms with E-state index in [1.165, 1.54) is 18.7 Å². The van der Waals surface area contributed by atoms with E-state index in [0.717, 1.165) is 0 Å². The van der Waals surface area contributed by atoms with Crippen molar-refractivity contribution in [2.75, 3.05) is 19.6 Å². The number of alkyl halides is 7. The summed E-state index contributed by atoms with van der Waals surface area (Å²) in [6, 6.07) is 0.968. The quantitative estimate of drug-likeness (QED) is 0.323. The normalized spacial score (nSPS) is 15.8. The van der Waals surface area contributed by atoms with E-state index in [2.05, 4.69) is 10.3 Å². The SMILES string of the molecule is CC(C)(O)CCNC(=O)c1nc(C(=O)N2CCC(F)CC2)c(-c2ccc(C(O)(C(F)(F)F)C(F)(F)F)c(Cl)c2Cl)s1. The second-order valence-electron chi connectivity index (χ2n) is 9.98. The van der Waals surface area contributed by atoms with Gasteiger partial charge in [-0.05, 0) is 33.1 Å². The molecular formula is C24H24Cl2F7N3O4S. The third kappa shape index (κ3) is 6.90. The number of likely N-dealkylation sites (tertiary alicyclic amines) is 1. The van der Waals surface area contributed by atoms with Crippen LogP contribution >= 0.6 is 34.5 Å². The molecule has 0 aliphatic carbocycles. The van der Waals surface area contributed by atoms with E-state index >= 15 is 0 Å². The molecule has 1 aromatic heterocycles. The van der Waals surface area contributed by atoms with E-state index in [1.54, 1.807) is 0 Å². The topological polar surface area (TPSA) is 103 Å². The molecule has 0 atom stereocenters. The summed E-state index contributed by atoms with van der Waals surface area (Å²) in [6.45, 7) is 2.99. The Hall–Kier alpha value is -2.20. The number of hydrogen-bond donors (Lipinski definition) is 3. The fraction of sp³-hybridized carbons (Fsp3) is 0.542. The van der Waals surface area contributed by atoms with Gasteiger partial charge in [-0.2, -0.15) is 26.3 Å². The average molecular weight is 654 g/mol. The molecule has 3 N–H and O–H groups in total. The average Bonchev–Trinajstić information content (AvgIpc) is 3.28. The second kappa shape index (κ2) is 11.8. The first-order valence-corrected chi connectivity index (χ1v) is 13.6. The number of nitrogens with zero attached hydrogens (tertiary/aromatic N) is 2. The minimum atomic E-state index is -6.23. The molecule has 228 valence electrons. The number of carbonyl (C=O) groups is 2. The van der Waals surface area contributed by atoms with Crippen molar-refractivity contribution < 1.29 is 50.5 Å². The standard InChI is InChI=1S/C24H24Cl2F7N3O4S/c1-21(2,39)7-8-34-18(37)19-35-16(20(38)36-9-5-11(27)6-10-36)17(41-19)12-3-4-13(15(26)14(12)25)22(40,23(28,29)30)24(31,32)33/h3-4,11,39-40H,5-10H2,1-2H3,(H,34,37). The first-order chi connectivity index (χ1) is 18.7. The summed E-state index contributed by atoms with van der Waals surface area (Å²) in [5, 5.41) is 19.7. The maximum atomic E-state index is 13.6. The lowest BCUT2D eigenvalue weighted by Crippen LogP contribution is -2.54. The fourth-order valence-electron chi connectivity index (χ4n) is 3.97. The lowest BCUT2D eigenvalue weighted by Gasteiger charge is -2.33. The Morgan fingerprint density at radius 1 is 1.05 bits per heavy atom. The Labute approximate surface area is 243 Å². The Balaban J connectivity index is 2.12. The predicted octanol–water partition coefficient (Wildman–Crippen LogP) is 5.89. The number of carbonyl (C=O) groups excluding carboxylic acids is 2. The molecule has 3 rings (SSSR count). The van der Waals surface area contributed by atoms with Gasteiger partial charge >= 0.3 is 12.4 Å². The van der Waals surface area contributed by atoms with Crippen LogP contribution in [0.15, 0.2) is 12.1 Å². The molecule has 0 saturated carbocycles. The van der Waals surface area contributed by atoms with Crippen LogP contribution in [0.4, 0.5) is 30.7 Å².